The van der Waals surface area contributed by atoms with Crippen molar-refractivity contribution in [2.24, 2.45) is 5.92 Å². The van der Waals surface area contributed by atoms with Gasteiger partial charge in [-0.25, -0.2) is 23.5 Å². The summed E-state index contributed by atoms with van der Waals surface area (Å²) in [5, 5.41) is 13.8. The molecule has 2 heterocycles. The number of carbonyl (C=O) groups is 1. The topological polar surface area (TPSA) is 90.8 Å². The monoisotopic (exact) mass is 635 g/mol. The van der Waals surface area contributed by atoms with Crippen molar-refractivity contribution in [2.75, 3.05) is 37.0 Å². The Morgan fingerprint density at radius 1 is 1.11 bits per heavy atom. The van der Waals surface area contributed by atoms with E-state index < -0.39 is 23.8 Å². The fourth-order valence-corrected chi connectivity index (χ4v) is 6.28. The maximum atomic E-state index is 15.4. The van der Waals surface area contributed by atoms with E-state index in [9.17, 15) is 9.90 Å². The van der Waals surface area contributed by atoms with Gasteiger partial charge in [-0.15, -0.1) is 0 Å². The molecule has 3 aromatic carbocycles. The molecule has 2 unspecified atom stereocenters. The fourth-order valence-electron chi connectivity index (χ4n) is 6.10. The van der Waals surface area contributed by atoms with Gasteiger partial charge >= 0.3 is 6.09 Å². The van der Waals surface area contributed by atoms with Crippen molar-refractivity contribution in [1.82, 2.24) is 14.9 Å². The van der Waals surface area contributed by atoms with E-state index >= 15 is 8.78 Å². The zero-order chi connectivity index (χ0) is 32.2. The Morgan fingerprint density at radius 2 is 1.87 bits per heavy atom. The lowest BCUT2D eigenvalue weighted by Crippen LogP contribution is -2.36. The minimum absolute atomic E-state index is 0.0124. The number of amides is 1. The van der Waals surface area contributed by atoms with Crippen LogP contribution in [0.2, 0.25) is 5.02 Å². The van der Waals surface area contributed by atoms with Gasteiger partial charge in [0.1, 0.15) is 11.6 Å². The summed E-state index contributed by atoms with van der Waals surface area (Å²) in [7, 11) is 2.07. The number of nitrogens with zero attached hydrogens (tertiary/aromatic N) is 4. The van der Waals surface area contributed by atoms with E-state index in [1.807, 2.05) is 32.9 Å². The van der Waals surface area contributed by atoms with Gasteiger partial charge in [0.25, 0.3) is 0 Å². The number of aryl methyl sites for hydroxylation is 3. The van der Waals surface area contributed by atoms with Crippen molar-refractivity contribution in [3.8, 4) is 5.75 Å². The van der Waals surface area contributed by atoms with Crippen molar-refractivity contribution < 1.29 is 23.4 Å². The first-order chi connectivity index (χ1) is 21.5. The number of benzene rings is 3. The first-order valence-corrected chi connectivity index (χ1v) is 15.1. The third kappa shape index (κ3) is 7.51. The molecule has 1 fully saturated rings. The molecule has 1 aliphatic heterocycles. The molecule has 4 aromatic rings. The van der Waals surface area contributed by atoms with Crippen LogP contribution in [0.15, 0.2) is 60.8 Å². The van der Waals surface area contributed by atoms with Crippen LogP contribution < -0.4 is 15.0 Å². The minimum atomic E-state index is -1.36. The summed E-state index contributed by atoms with van der Waals surface area (Å²) in [4.78, 5) is 24.9. The Kier molecular flexibility index (Phi) is 9.84. The predicted octanol–water partition coefficient (Wildman–Crippen LogP) is 8.07. The SMILES string of the molecule is Cc1cc(C)c(C(c2cc(Cl)ccc2F)N(C(=O)O)c2ccnc(Nc3ccc(OCC4CCCN(C)C4)c(F)c3)n2)c(C)c1. The molecule has 0 spiro atoms. The van der Waals surface area contributed by atoms with Gasteiger partial charge in [-0.1, -0.05) is 29.3 Å². The predicted molar refractivity (Wildman–Crippen MR) is 172 cm³/mol. The highest BCUT2D eigenvalue weighted by molar-refractivity contribution is 6.30. The van der Waals surface area contributed by atoms with Gasteiger partial charge < -0.3 is 20.1 Å². The summed E-state index contributed by atoms with van der Waals surface area (Å²) in [6.45, 7) is 8.05. The molecule has 1 amide bonds. The molecule has 5 rings (SSSR count). The normalized spacial score (nSPS) is 15.8. The summed E-state index contributed by atoms with van der Waals surface area (Å²) in [6.07, 6.45) is 2.16. The van der Waals surface area contributed by atoms with Crippen LogP contribution in [0.25, 0.3) is 0 Å². The molecule has 1 aromatic heterocycles. The van der Waals surface area contributed by atoms with Crippen LogP contribution in [-0.4, -0.2) is 52.8 Å². The second kappa shape index (κ2) is 13.8. The van der Waals surface area contributed by atoms with Crippen LogP contribution in [0.5, 0.6) is 5.75 Å². The molecule has 0 saturated carbocycles. The van der Waals surface area contributed by atoms with E-state index in [1.54, 1.807) is 12.1 Å². The summed E-state index contributed by atoms with van der Waals surface area (Å²) in [5.41, 5.74) is 3.58. The molecule has 2 N–H and O–H groups in total. The smallest absolute Gasteiger partial charge is 0.413 e. The number of rotatable bonds is 9. The largest absolute Gasteiger partial charge is 0.490 e. The zero-order valence-electron chi connectivity index (χ0n) is 25.7. The highest BCUT2D eigenvalue weighted by Gasteiger charge is 2.34. The van der Waals surface area contributed by atoms with Gasteiger partial charge in [0, 0.05) is 41.0 Å². The number of ether oxygens (including phenoxy) is 1. The van der Waals surface area contributed by atoms with Gasteiger partial charge in [-0.2, -0.15) is 4.98 Å². The molecule has 11 heteroatoms. The minimum Gasteiger partial charge on any atom is -0.490 e. The third-order valence-electron chi connectivity index (χ3n) is 8.00. The van der Waals surface area contributed by atoms with E-state index in [4.69, 9.17) is 16.3 Å². The second-order valence-electron chi connectivity index (χ2n) is 11.6. The van der Waals surface area contributed by atoms with Crippen molar-refractivity contribution in [3.05, 3.63) is 105 Å². The molecule has 0 radical (unpaired) electrons. The number of nitrogens with one attached hydrogen (secondary N) is 1. The quantitative estimate of drug-likeness (QED) is 0.192. The number of aromatic nitrogens is 2. The Labute approximate surface area is 266 Å². The molecule has 0 bridgehead atoms. The van der Waals surface area contributed by atoms with Crippen molar-refractivity contribution >= 4 is 35.1 Å². The maximum absolute atomic E-state index is 15.4. The molecular weight excluding hydrogens is 600 g/mol. The van der Waals surface area contributed by atoms with E-state index in [-0.39, 0.29) is 28.1 Å². The maximum Gasteiger partial charge on any atom is 0.413 e. The van der Waals surface area contributed by atoms with Crippen LogP contribution >= 0.6 is 11.6 Å². The number of piperidine rings is 1. The third-order valence-corrected chi connectivity index (χ3v) is 8.24. The van der Waals surface area contributed by atoms with Gasteiger partial charge in [-0.05, 0) is 100 Å². The molecule has 8 nitrogen and oxygen atoms in total. The molecular formula is C34H36ClF2N5O3. The summed E-state index contributed by atoms with van der Waals surface area (Å²) < 4.78 is 36.2. The number of halogens is 3. The average molecular weight is 636 g/mol. The molecule has 1 aliphatic rings. The Morgan fingerprint density at radius 3 is 2.56 bits per heavy atom. The lowest BCUT2D eigenvalue weighted by atomic mass is 9.88. The van der Waals surface area contributed by atoms with E-state index in [0.29, 0.717) is 23.8 Å². The number of carboxylic acid groups (broad SMARTS) is 1. The first-order valence-electron chi connectivity index (χ1n) is 14.8. The Balaban J connectivity index is 1.45. The van der Waals surface area contributed by atoms with Crippen LogP contribution in [0.3, 0.4) is 0 Å². The van der Waals surface area contributed by atoms with Gasteiger partial charge in [-0.3, -0.25) is 0 Å². The van der Waals surface area contributed by atoms with Crippen molar-refractivity contribution in [2.45, 2.75) is 39.7 Å². The zero-order valence-corrected chi connectivity index (χ0v) is 26.4. The highest BCUT2D eigenvalue weighted by atomic mass is 35.5. The van der Waals surface area contributed by atoms with Gasteiger partial charge in [0.15, 0.2) is 11.6 Å². The first kappa shape index (κ1) is 32.1. The fraction of sp³-hybridized carbons (Fsp3) is 0.324. The number of hydrogen-bond donors (Lipinski definition) is 2. The van der Waals surface area contributed by atoms with Crippen LogP contribution in [-0.2, 0) is 0 Å². The highest BCUT2D eigenvalue weighted by Crippen LogP contribution is 2.39. The molecule has 1 saturated heterocycles. The van der Waals surface area contributed by atoms with Gasteiger partial charge in [0.05, 0.1) is 12.6 Å². The number of hydrogen-bond acceptors (Lipinski definition) is 6. The molecule has 45 heavy (non-hydrogen) atoms. The standard InChI is InChI=1S/C34H36ClF2N5O3/c1-20-14-21(2)31(22(3)15-20)32(26-16-24(35)7-9-27(26)36)42(34(43)44)30-11-12-38-33(40-30)39-25-8-10-29(28(37)17-25)45-19-23-6-5-13-41(4)18-23/h7-12,14-17,23,32H,5-6,13,18-19H2,1-4H3,(H,43,44)(H,38,39,40). The van der Waals surface area contributed by atoms with Crippen molar-refractivity contribution in [1.29, 1.82) is 0 Å². The summed E-state index contributed by atoms with van der Waals surface area (Å²) in [6, 6.07) is 12.6. The Hall–Kier alpha value is -4.28. The number of likely N-dealkylation sites (tertiary alicyclic amines) is 1. The van der Waals surface area contributed by atoms with Crippen molar-refractivity contribution in [3.63, 3.8) is 0 Å². The van der Waals surface area contributed by atoms with E-state index in [1.165, 1.54) is 36.5 Å². The average Bonchev–Trinajstić information content (AvgIpc) is 2.97. The van der Waals surface area contributed by atoms with E-state index in [2.05, 4.69) is 27.2 Å². The van der Waals surface area contributed by atoms with Crippen LogP contribution in [0.4, 0.5) is 31.0 Å². The lowest BCUT2D eigenvalue weighted by Gasteiger charge is -2.32. The molecule has 2 atom stereocenters. The van der Waals surface area contributed by atoms with E-state index in [0.717, 1.165) is 47.5 Å². The van der Waals surface area contributed by atoms with Crippen LogP contribution in [0.1, 0.15) is 46.7 Å². The Bertz CT molecular complexity index is 1680. The summed E-state index contributed by atoms with van der Waals surface area (Å²) >= 11 is 6.28. The van der Waals surface area contributed by atoms with Gasteiger partial charge in [0.2, 0.25) is 5.95 Å². The lowest BCUT2D eigenvalue weighted by molar-refractivity contribution is 0.147. The molecule has 0 aliphatic carbocycles. The summed E-state index contributed by atoms with van der Waals surface area (Å²) in [5.74, 6) is -0.659. The van der Waals surface area contributed by atoms with Crippen LogP contribution in [0, 0.1) is 38.3 Å². The number of anilines is 3. The molecule has 236 valence electrons. The second-order valence-corrected chi connectivity index (χ2v) is 12.1.